The highest BCUT2D eigenvalue weighted by Crippen LogP contribution is 2.19. The molecule has 0 fully saturated rings. The monoisotopic (exact) mass is 161 g/mol. The molecule has 0 radical (unpaired) electrons. The molecule has 3 nitrogen and oxygen atoms in total. The fraction of sp³-hybridized carbons (Fsp3) is 0.333. The lowest BCUT2D eigenvalue weighted by molar-refractivity contribution is 0.643. The Hall–Kier alpha value is -1.38. The van der Waals surface area contributed by atoms with E-state index in [1.54, 1.807) is 12.5 Å². The van der Waals surface area contributed by atoms with Crippen LogP contribution in [0.4, 0.5) is 0 Å². The molecule has 2 heterocycles. The summed E-state index contributed by atoms with van der Waals surface area (Å²) in [5.74, 6) is 0.467. The van der Waals surface area contributed by atoms with E-state index in [9.17, 15) is 0 Å². The minimum Gasteiger partial charge on any atom is -0.391 e. The van der Waals surface area contributed by atoms with Crippen LogP contribution in [-0.2, 0) is 0 Å². The van der Waals surface area contributed by atoms with Crippen molar-refractivity contribution in [3.05, 3.63) is 36.6 Å². The third-order valence-electron chi connectivity index (χ3n) is 2.03. The van der Waals surface area contributed by atoms with Crippen LogP contribution < -0.4 is 5.32 Å². The first-order chi connectivity index (χ1) is 5.97. The molecule has 2 rings (SSSR count). The van der Waals surface area contributed by atoms with E-state index < -0.39 is 0 Å². The summed E-state index contributed by atoms with van der Waals surface area (Å²) < 4.78 is 0. The van der Waals surface area contributed by atoms with Gasteiger partial charge in [-0.25, -0.2) is 9.97 Å². The SMILES string of the molecule is C1=CC(c2ccncn2)CCN1. The normalized spacial score (nSPS) is 21.8. The van der Waals surface area contributed by atoms with Crippen molar-refractivity contribution in [2.45, 2.75) is 12.3 Å². The molecule has 1 aromatic rings. The van der Waals surface area contributed by atoms with Gasteiger partial charge in [0, 0.05) is 18.7 Å². The van der Waals surface area contributed by atoms with Gasteiger partial charge in [-0.1, -0.05) is 6.08 Å². The fourth-order valence-corrected chi connectivity index (χ4v) is 1.37. The van der Waals surface area contributed by atoms with Crippen molar-refractivity contribution in [3.8, 4) is 0 Å². The van der Waals surface area contributed by atoms with Crippen molar-refractivity contribution in [1.82, 2.24) is 15.3 Å². The molecule has 12 heavy (non-hydrogen) atoms. The summed E-state index contributed by atoms with van der Waals surface area (Å²) in [7, 11) is 0. The first kappa shape index (κ1) is 7.28. The van der Waals surface area contributed by atoms with Gasteiger partial charge in [-0.05, 0) is 18.7 Å². The molecule has 1 atom stereocenters. The number of aromatic nitrogens is 2. The second kappa shape index (κ2) is 3.34. The highest BCUT2D eigenvalue weighted by atomic mass is 14.9. The molecule has 0 spiro atoms. The molecule has 1 unspecified atom stereocenters. The van der Waals surface area contributed by atoms with Crippen LogP contribution in [0, 0.1) is 0 Å². The highest BCUT2D eigenvalue weighted by molar-refractivity contribution is 5.14. The Morgan fingerprint density at radius 2 is 2.50 bits per heavy atom. The van der Waals surface area contributed by atoms with Crippen LogP contribution in [-0.4, -0.2) is 16.5 Å². The lowest BCUT2D eigenvalue weighted by atomic mass is 9.99. The van der Waals surface area contributed by atoms with Gasteiger partial charge in [0.05, 0.1) is 5.69 Å². The summed E-state index contributed by atoms with van der Waals surface area (Å²) in [6.07, 6.45) is 8.65. The number of rotatable bonds is 1. The lowest BCUT2D eigenvalue weighted by Crippen LogP contribution is -2.16. The van der Waals surface area contributed by atoms with Crippen molar-refractivity contribution in [1.29, 1.82) is 0 Å². The van der Waals surface area contributed by atoms with Gasteiger partial charge in [0.25, 0.3) is 0 Å². The van der Waals surface area contributed by atoms with Crippen molar-refractivity contribution in [2.24, 2.45) is 0 Å². The second-order valence-electron chi connectivity index (χ2n) is 2.84. The van der Waals surface area contributed by atoms with Crippen LogP contribution in [0.25, 0.3) is 0 Å². The van der Waals surface area contributed by atoms with E-state index in [2.05, 4.69) is 21.4 Å². The lowest BCUT2D eigenvalue weighted by Gasteiger charge is -2.16. The van der Waals surface area contributed by atoms with Gasteiger partial charge < -0.3 is 5.32 Å². The zero-order chi connectivity index (χ0) is 8.23. The van der Waals surface area contributed by atoms with Gasteiger partial charge in [-0.3, -0.25) is 0 Å². The van der Waals surface area contributed by atoms with Gasteiger partial charge in [0.15, 0.2) is 0 Å². The first-order valence-corrected chi connectivity index (χ1v) is 4.13. The zero-order valence-electron chi connectivity index (χ0n) is 6.77. The number of allylic oxidation sites excluding steroid dienone is 1. The molecular formula is C9H11N3. The number of nitrogens with one attached hydrogen (secondary N) is 1. The standard InChI is InChI=1S/C9H11N3/c1-4-10-5-2-8(1)9-3-6-11-7-12-9/h1,3-4,6-8,10H,2,5H2. The maximum absolute atomic E-state index is 4.21. The molecule has 1 N–H and O–H groups in total. The minimum absolute atomic E-state index is 0.467. The van der Waals surface area contributed by atoms with E-state index in [0.29, 0.717) is 5.92 Å². The van der Waals surface area contributed by atoms with Crippen molar-refractivity contribution >= 4 is 0 Å². The topological polar surface area (TPSA) is 37.8 Å². The average molecular weight is 161 g/mol. The van der Waals surface area contributed by atoms with Crippen molar-refractivity contribution in [2.75, 3.05) is 6.54 Å². The average Bonchev–Trinajstić information content (AvgIpc) is 2.21. The molecule has 0 aliphatic carbocycles. The molecule has 1 aromatic heterocycles. The van der Waals surface area contributed by atoms with Gasteiger partial charge in [-0.2, -0.15) is 0 Å². The summed E-state index contributed by atoms with van der Waals surface area (Å²) >= 11 is 0. The molecule has 0 saturated carbocycles. The van der Waals surface area contributed by atoms with E-state index in [0.717, 1.165) is 18.7 Å². The Bertz CT molecular complexity index is 268. The number of nitrogens with zero attached hydrogens (tertiary/aromatic N) is 2. The van der Waals surface area contributed by atoms with Gasteiger partial charge in [0.1, 0.15) is 6.33 Å². The molecule has 0 aromatic carbocycles. The Morgan fingerprint density at radius 3 is 3.17 bits per heavy atom. The minimum atomic E-state index is 0.467. The Morgan fingerprint density at radius 1 is 1.50 bits per heavy atom. The molecular weight excluding hydrogens is 150 g/mol. The third-order valence-corrected chi connectivity index (χ3v) is 2.03. The quantitative estimate of drug-likeness (QED) is 0.669. The van der Waals surface area contributed by atoms with Crippen LogP contribution in [0.2, 0.25) is 0 Å². The largest absolute Gasteiger partial charge is 0.391 e. The van der Waals surface area contributed by atoms with Crippen molar-refractivity contribution in [3.63, 3.8) is 0 Å². The second-order valence-corrected chi connectivity index (χ2v) is 2.84. The molecule has 1 aliphatic heterocycles. The van der Waals surface area contributed by atoms with Crippen LogP contribution in [0.5, 0.6) is 0 Å². The van der Waals surface area contributed by atoms with E-state index in [-0.39, 0.29) is 0 Å². The first-order valence-electron chi connectivity index (χ1n) is 4.13. The van der Waals surface area contributed by atoms with Crippen LogP contribution in [0.3, 0.4) is 0 Å². The molecule has 3 heteroatoms. The fourth-order valence-electron chi connectivity index (χ4n) is 1.37. The van der Waals surface area contributed by atoms with Gasteiger partial charge >= 0.3 is 0 Å². The Labute approximate surface area is 71.5 Å². The van der Waals surface area contributed by atoms with E-state index in [1.165, 1.54) is 0 Å². The van der Waals surface area contributed by atoms with Gasteiger partial charge in [0.2, 0.25) is 0 Å². The number of hydrogen-bond donors (Lipinski definition) is 1. The van der Waals surface area contributed by atoms with E-state index >= 15 is 0 Å². The summed E-state index contributed by atoms with van der Waals surface area (Å²) in [6.45, 7) is 1.03. The van der Waals surface area contributed by atoms with Crippen LogP contribution >= 0.6 is 0 Å². The van der Waals surface area contributed by atoms with E-state index in [4.69, 9.17) is 0 Å². The van der Waals surface area contributed by atoms with E-state index in [1.807, 2.05) is 12.3 Å². The summed E-state index contributed by atoms with van der Waals surface area (Å²) in [5, 5.41) is 3.16. The molecule has 62 valence electrons. The predicted molar refractivity (Wildman–Crippen MR) is 46.5 cm³/mol. The molecule has 1 aliphatic rings. The maximum Gasteiger partial charge on any atom is 0.115 e. The summed E-state index contributed by atoms with van der Waals surface area (Å²) in [6, 6.07) is 1.97. The predicted octanol–water partition coefficient (Wildman–Crippen LogP) is 1.07. The highest BCUT2D eigenvalue weighted by Gasteiger charge is 2.10. The summed E-state index contributed by atoms with van der Waals surface area (Å²) in [5.41, 5.74) is 1.11. The number of hydrogen-bond acceptors (Lipinski definition) is 3. The molecule has 0 amide bonds. The van der Waals surface area contributed by atoms with Crippen molar-refractivity contribution < 1.29 is 0 Å². The Kier molecular flexibility index (Phi) is 2.03. The maximum atomic E-state index is 4.21. The molecule has 0 saturated heterocycles. The zero-order valence-corrected chi connectivity index (χ0v) is 6.77. The van der Waals surface area contributed by atoms with Crippen LogP contribution in [0.1, 0.15) is 18.0 Å². The smallest absolute Gasteiger partial charge is 0.115 e. The molecule has 0 bridgehead atoms. The third kappa shape index (κ3) is 1.44. The Balaban J connectivity index is 2.19. The van der Waals surface area contributed by atoms with Gasteiger partial charge in [-0.15, -0.1) is 0 Å². The summed E-state index contributed by atoms with van der Waals surface area (Å²) in [4.78, 5) is 8.10. The van der Waals surface area contributed by atoms with Crippen LogP contribution in [0.15, 0.2) is 30.9 Å².